The first-order valence-electron chi connectivity index (χ1n) is 13.8. The van der Waals surface area contributed by atoms with Crippen LogP contribution in [0, 0.1) is 0 Å². The first kappa shape index (κ1) is 30.1. The van der Waals surface area contributed by atoms with E-state index in [1.54, 1.807) is 6.20 Å². The number of nitrogens with one attached hydrogen (secondary N) is 3. The summed E-state index contributed by atoms with van der Waals surface area (Å²) >= 11 is 1.51. The van der Waals surface area contributed by atoms with E-state index in [0.717, 1.165) is 22.0 Å². The summed E-state index contributed by atoms with van der Waals surface area (Å²) < 4.78 is 0. The molecule has 218 valence electrons. The molecule has 4 atom stereocenters. The summed E-state index contributed by atoms with van der Waals surface area (Å²) in [5, 5.41) is 16.2. The van der Waals surface area contributed by atoms with Crippen molar-refractivity contribution >= 4 is 46.4 Å². The highest BCUT2D eigenvalue weighted by atomic mass is 32.2. The van der Waals surface area contributed by atoms with Crippen LogP contribution in [0.2, 0.25) is 0 Å². The molecule has 2 aromatic carbocycles. The van der Waals surface area contributed by atoms with Crippen molar-refractivity contribution < 1.29 is 24.3 Å². The van der Waals surface area contributed by atoms with E-state index in [1.165, 1.54) is 16.7 Å². The second-order valence-electron chi connectivity index (χ2n) is 10.3. The zero-order valence-corrected chi connectivity index (χ0v) is 23.9. The molecule has 10 nitrogen and oxygen atoms in total. The number of aliphatic carboxylic acids is 1. The molecular formula is C30H37N5O5S. The highest BCUT2D eigenvalue weighted by molar-refractivity contribution is 7.98. The lowest BCUT2D eigenvalue weighted by Crippen LogP contribution is -2.57. The van der Waals surface area contributed by atoms with Gasteiger partial charge in [-0.15, -0.1) is 0 Å². The quantitative estimate of drug-likeness (QED) is 0.207. The fraction of sp³-hybridized carbons (Fsp3) is 0.400. The number of carbonyl (C=O) groups excluding carboxylic acids is 3. The Bertz CT molecular complexity index is 1360. The van der Waals surface area contributed by atoms with E-state index in [1.807, 2.05) is 60.9 Å². The van der Waals surface area contributed by atoms with Crippen molar-refractivity contribution in [1.29, 1.82) is 0 Å². The molecule has 4 unspecified atom stereocenters. The van der Waals surface area contributed by atoms with Crippen LogP contribution in [0.15, 0.2) is 60.8 Å². The van der Waals surface area contributed by atoms with Crippen LogP contribution in [0.25, 0.3) is 10.9 Å². The van der Waals surface area contributed by atoms with Crippen LogP contribution in [-0.4, -0.2) is 81.4 Å². The molecule has 1 fully saturated rings. The Hall–Kier alpha value is -3.83. The number of amides is 3. The van der Waals surface area contributed by atoms with Gasteiger partial charge in [0, 0.05) is 30.1 Å². The Labute approximate surface area is 243 Å². The van der Waals surface area contributed by atoms with Gasteiger partial charge >= 0.3 is 5.97 Å². The van der Waals surface area contributed by atoms with Gasteiger partial charge in [-0.1, -0.05) is 48.5 Å². The molecule has 41 heavy (non-hydrogen) atoms. The molecule has 0 spiro atoms. The lowest BCUT2D eigenvalue weighted by Gasteiger charge is -2.28. The number of H-pyrrole nitrogens is 1. The third kappa shape index (κ3) is 7.68. The molecule has 0 radical (unpaired) electrons. The number of carboxylic acids is 1. The van der Waals surface area contributed by atoms with Gasteiger partial charge in [-0.2, -0.15) is 11.8 Å². The minimum atomic E-state index is -1.18. The number of para-hydroxylation sites is 1. The largest absolute Gasteiger partial charge is 0.480 e. The standard InChI is InChI=1S/C30H37N5O5S/c1-41-15-13-24(27(36)34-25(30(39)40)17-20-18-32-23-11-6-5-10-21(20)23)33-28(37)26-12-7-14-35(26)29(38)22(31)16-19-8-3-2-4-9-19/h2-6,8-11,18,22,24-26,32H,7,12-17,31H2,1H3,(H,33,37)(H,34,36)(H,39,40). The Morgan fingerprint density at radius 3 is 2.51 bits per heavy atom. The Morgan fingerprint density at radius 2 is 1.78 bits per heavy atom. The molecule has 4 rings (SSSR count). The summed E-state index contributed by atoms with van der Waals surface area (Å²) in [4.78, 5) is 56.6. The first-order valence-corrected chi connectivity index (χ1v) is 15.1. The van der Waals surface area contributed by atoms with Crippen molar-refractivity contribution in [3.63, 3.8) is 0 Å². The zero-order chi connectivity index (χ0) is 29.4. The van der Waals surface area contributed by atoms with Gasteiger partial charge in [0.1, 0.15) is 18.1 Å². The van der Waals surface area contributed by atoms with E-state index in [2.05, 4.69) is 15.6 Å². The van der Waals surface area contributed by atoms with Crippen molar-refractivity contribution in [2.75, 3.05) is 18.6 Å². The number of fused-ring (bicyclic) bond motifs is 1. The number of aromatic nitrogens is 1. The number of benzene rings is 2. The number of hydrogen-bond acceptors (Lipinski definition) is 6. The van der Waals surface area contributed by atoms with Crippen molar-refractivity contribution in [3.8, 4) is 0 Å². The number of thioether (sulfide) groups is 1. The molecule has 1 aromatic heterocycles. The minimum absolute atomic E-state index is 0.0818. The van der Waals surface area contributed by atoms with Gasteiger partial charge in [0.05, 0.1) is 6.04 Å². The Morgan fingerprint density at radius 1 is 1.05 bits per heavy atom. The summed E-state index contributed by atoms with van der Waals surface area (Å²) in [6.07, 6.45) is 5.49. The molecule has 6 N–H and O–H groups in total. The average molecular weight is 580 g/mol. The number of hydrogen-bond donors (Lipinski definition) is 5. The Kier molecular flexibility index (Phi) is 10.4. The van der Waals surface area contributed by atoms with Crippen molar-refractivity contribution in [2.24, 2.45) is 5.73 Å². The Balaban J connectivity index is 1.42. The molecular weight excluding hydrogens is 542 g/mol. The minimum Gasteiger partial charge on any atom is -0.480 e. The highest BCUT2D eigenvalue weighted by Gasteiger charge is 2.38. The summed E-state index contributed by atoms with van der Waals surface area (Å²) in [6.45, 7) is 0.410. The highest BCUT2D eigenvalue weighted by Crippen LogP contribution is 2.21. The van der Waals surface area contributed by atoms with Crippen LogP contribution in [0.3, 0.4) is 0 Å². The maximum Gasteiger partial charge on any atom is 0.326 e. The first-order chi connectivity index (χ1) is 19.8. The predicted octanol–water partition coefficient (Wildman–Crippen LogP) is 2.08. The van der Waals surface area contributed by atoms with Crippen LogP contribution in [0.4, 0.5) is 0 Å². The zero-order valence-electron chi connectivity index (χ0n) is 23.0. The third-order valence-electron chi connectivity index (χ3n) is 7.41. The summed E-state index contributed by atoms with van der Waals surface area (Å²) in [6, 6.07) is 13.3. The van der Waals surface area contributed by atoms with Gasteiger partial charge in [0.2, 0.25) is 17.7 Å². The molecule has 3 aromatic rings. The van der Waals surface area contributed by atoms with Crippen molar-refractivity contribution in [1.82, 2.24) is 20.5 Å². The van der Waals surface area contributed by atoms with Crippen molar-refractivity contribution in [3.05, 3.63) is 71.9 Å². The van der Waals surface area contributed by atoms with E-state index in [9.17, 15) is 24.3 Å². The number of aromatic amines is 1. The second-order valence-corrected chi connectivity index (χ2v) is 11.3. The number of nitrogens with zero attached hydrogens (tertiary/aromatic N) is 1. The van der Waals surface area contributed by atoms with E-state index in [-0.39, 0.29) is 12.3 Å². The SMILES string of the molecule is CSCCC(NC(=O)C1CCCN1C(=O)C(N)Cc1ccccc1)C(=O)NC(Cc1c[nH]c2ccccc12)C(=O)O. The topological polar surface area (TPSA) is 158 Å². The monoisotopic (exact) mass is 579 g/mol. The maximum atomic E-state index is 13.4. The molecule has 3 amide bonds. The van der Waals surface area contributed by atoms with E-state index in [0.29, 0.717) is 38.0 Å². The van der Waals surface area contributed by atoms with Crippen LogP contribution >= 0.6 is 11.8 Å². The van der Waals surface area contributed by atoms with Gasteiger partial charge in [-0.25, -0.2) is 4.79 Å². The number of nitrogens with two attached hydrogens (primary N) is 1. The van der Waals surface area contributed by atoms with Crippen LogP contribution in [0.1, 0.15) is 30.4 Å². The molecule has 0 saturated carbocycles. The molecule has 1 saturated heterocycles. The lowest BCUT2D eigenvalue weighted by atomic mass is 10.0. The van der Waals surface area contributed by atoms with Gasteiger partial charge in [-0.05, 0) is 54.9 Å². The number of likely N-dealkylation sites (tertiary alicyclic amines) is 1. The average Bonchev–Trinajstić information content (AvgIpc) is 3.62. The number of rotatable bonds is 13. The maximum absolute atomic E-state index is 13.4. The van der Waals surface area contributed by atoms with Crippen LogP contribution in [0.5, 0.6) is 0 Å². The number of carboxylic acid groups (broad SMARTS) is 1. The van der Waals surface area contributed by atoms with Gasteiger partial charge < -0.3 is 31.4 Å². The predicted molar refractivity (Wildman–Crippen MR) is 159 cm³/mol. The molecule has 0 aliphatic carbocycles. The fourth-order valence-corrected chi connectivity index (χ4v) is 5.71. The van der Waals surface area contributed by atoms with Crippen LogP contribution in [-0.2, 0) is 32.0 Å². The smallest absolute Gasteiger partial charge is 0.326 e. The van der Waals surface area contributed by atoms with E-state index < -0.39 is 42.0 Å². The molecule has 0 bridgehead atoms. The molecule has 11 heteroatoms. The van der Waals surface area contributed by atoms with E-state index in [4.69, 9.17) is 5.73 Å². The van der Waals surface area contributed by atoms with E-state index >= 15 is 0 Å². The van der Waals surface area contributed by atoms with Crippen molar-refractivity contribution in [2.45, 2.75) is 56.3 Å². The molecule has 1 aliphatic rings. The number of carbonyl (C=O) groups is 4. The molecule has 1 aliphatic heterocycles. The summed E-state index contributed by atoms with van der Waals surface area (Å²) in [5.41, 5.74) is 8.81. The molecule has 2 heterocycles. The third-order valence-corrected chi connectivity index (χ3v) is 8.06. The summed E-state index contributed by atoms with van der Waals surface area (Å²) in [7, 11) is 0. The van der Waals surface area contributed by atoms with Crippen LogP contribution < -0.4 is 16.4 Å². The second kappa shape index (κ2) is 14.2. The summed E-state index contributed by atoms with van der Waals surface area (Å²) in [5.74, 6) is -1.91. The normalized spacial score (nSPS) is 17.1. The fourth-order valence-electron chi connectivity index (χ4n) is 5.24. The van der Waals surface area contributed by atoms with Gasteiger partial charge in [0.25, 0.3) is 0 Å². The lowest BCUT2D eigenvalue weighted by molar-refractivity contribution is -0.143. The van der Waals surface area contributed by atoms with Gasteiger partial charge in [0.15, 0.2) is 0 Å². The van der Waals surface area contributed by atoms with Gasteiger partial charge in [-0.3, -0.25) is 14.4 Å².